The first kappa shape index (κ1) is 11.7. The van der Waals surface area contributed by atoms with Crippen LogP contribution in [0.15, 0.2) is 18.2 Å². The van der Waals surface area contributed by atoms with Crippen LogP contribution in [0.2, 0.25) is 5.02 Å². The third-order valence-electron chi connectivity index (χ3n) is 3.50. The maximum absolute atomic E-state index is 6.19. The predicted molar refractivity (Wildman–Crippen MR) is 69.6 cm³/mol. The van der Waals surface area contributed by atoms with Gasteiger partial charge in [0.2, 0.25) is 0 Å². The molecule has 1 aromatic rings. The summed E-state index contributed by atoms with van der Waals surface area (Å²) in [6, 6.07) is 5.72. The molecule has 2 rings (SSSR count). The number of likely N-dealkylation sites (tertiary alicyclic amines) is 1. The molecule has 1 saturated heterocycles. The molecule has 0 unspecified atom stereocenters. The molecule has 0 saturated carbocycles. The van der Waals surface area contributed by atoms with E-state index in [1.807, 2.05) is 18.2 Å². The molecule has 2 nitrogen and oxygen atoms in total. The van der Waals surface area contributed by atoms with Gasteiger partial charge in [-0.3, -0.25) is 4.90 Å². The molecule has 1 heterocycles. The number of hydrogen-bond donors (Lipinski definition) is 1. The summed E-state index contributed by atoms with van der Waals surface area (Å²) >= 11 is 6.19. The minimum absolute atomic E-state index is 0.286. The summed E-state index contributed by atoms with van der Waals surface area (Å²) in [6.45, 7) is 6.63. The van der Waals surface area contributed by atoms with Crippen molar-refractivity contribution in [2.75, 3.05) is 12.3 Å². The SMILES string of the molecule is CC1(C)CCCN1Cc1cc(N)ccc1Cl. The molecule has 0 aliphatic carbocycles. The monoisotopic (exact) mass is 238 g/mol. The van der Waals surface area contributed by atoms with Crippen LogP contribution in [0.1, 0.15) is 32.3 Å². The van der Waals surface area contributed by atoms with Gasteiger partial charge in [0.05, 0.1) is 0 Å². The van der Waals surface area contributed by atoms with Gasteiger partial charge in [0, 0.05) is 22.8 Å². The highest BCUT2D eigenvalue weighted by Crippen LogP contribution is 2.31. The number of anilines is 1. The van der Waals surface area contributed by atoms with Gasteiger partial charge in [-0.2, -0.15) is 0 Å². The number of nitrogens with zero attached hydrogens (tertiary/aromatic N) is 1. The number of benzene rings is 1. The molecule has 1 aliphatic rings. The van der Waals surface area contributed by atoms with E-state index in [-0.39, 0.29) is 5.54 Å². The molecule has 88 valence electrons. The number of nitrogens with two attached hydrogens (primary N) is 1. The van der Waals surface area contributed by atoms with Gasteiger partial charge in [-0.1, -0.05) is 11.6 Å². The molecule has 1 aromatic carbocycles. The lowest BCUT2D eigenvalue weighted by atomic mass is 10.0. The molecule has 16 heavy (non-hydrogen) atoms. The minimum atomic E-state index is 0.286. The van der Waals surface area contributed by atoms with E-state index in [2.05, 4.69) is 18.7 Å². The van der Waals surface area contributed by atoms with Crippen LogP contribution in [0, 0.1) is 0 Å². The third kappa shape index (κ3) is 2.33. The summed E-state index contributed by atoms with van der Waals surface area (Å²) in [5.74, 6) is 0. The van der Waals surface area contributed by atoms with Gasteiger partial charge in [0.1, 0.15) is 0 Å². The Kier molecular flexibility index (Phi) is 3.13. The standard InChI is InChI=1S/C13H19ClN2/c1-13(2)6-3-7-16(13)9-10-8-11(15)4-5-12(10)14/h4-5,8H,3,6-7,9,15H2,1-2H3. The van der Waals surface area contributed by atoms with Crippen molar-refractivity contribution in [1.82, 2.24) is 4.90 Å². The smallest absolute Gasteiger partial charge is 0.0452 e. The van der Waals surface area contributed by atoms with E-state index < -0.39 is 0 Å². The summed E-state index contributed by atoms with van der Waals surface area (Å²) in [5.41, 5.74) is 8.00. The zero-order valence-electron chi connectivity index (χ0n) is 9.96. The highest BCUT2D eigenvalue weighted by molar-refractivity contribution is 6.31. The zero-order valence-corrected chi connectivity index (χ0v) is 10.7. The molecule has 3 heteroatoms. The van der Waals surface area contributed by atoms with E-state index >= 15 is 0 Å². The fourth-order valence-electron chi connectivity index (χ4n) is 2.38. The van der Waals surface area contributed by atoms with Crippen LogP contribution in [0.4, 0.5) is 5.69 Å². The topological polar surface area (TPSA) is 29.3 Å². The van der Waals surface area contributed by atoms with Crippen LogP contribution in [0.25, 0.3) is 0 Å². The van der Waals surface area contributed by atoms with Gasteiger partial charge < -0.3 is 5.73 Å². The van der Waals surface area contributed by atoms with Crippen LogP contribution >= 0.6 is 11.6 Å². The fraction of sp³-hybridized carbons (Fsp3) is 0.538. The van der Waals surface area contributed by atoms with Gasteiger partial charge >= 0.3 is 0 Å². The molecule has 1 aliphatic heterocycles. The number of nitrogen functional groups attached to an aromatic ring is 1. The Bertz CT molecular complexity index is 388. The molecule has 2 N–H and O–H groups in total. The quantitative estimate of drug-likeness (QED) is 0.802. The van der Waals surface area contributed by atoms with Gasteiger partial charge in [0.25, 0.3) is 0 Å². The van der Waals surface area contributed by atoms with Crippen molar-refractivity contribution in [2.24, 2.45) is 0 Å². The number of hydrogen-bond acceptors (Lipinski definition) is 2. The molecule has 0 atom stereocenters. The summed E-state index contributed by atoms with van der Waals surface area (Å²) in [6.07, 6.45) is 2.53. The average molecular weight is 239 g/mol. The van der Waals surface area contributed by atoms with Crippen molar-refractivity contribution in [2.45, 2.75) is 38.8 Å². The minimum Gasteiger partial charge on any atom is -0.399 e. The van der Waals surface area contributed by atoms with Crippen molar-refractivity contribution >= 4 is 17.3 Å². The van der Waals surface area contributed by atoms with Gasteiger partial charge in [-0.05, 0) is 57.0 Å². The zero-order chi connectivity index (χ0) is 11.8. The largest absolute Gasteiger partial charge is 0.399 e. The van der Waals surface area contributed by atoms with Gasteiger partial charge in [0.15, 0.2) is 0 Å². The van der Waals surface area contributed by atoms with Crippen molar-refractivity contribution in [3.05, 3.63) is 28.8 Å². The highest BCUT2D eigenvalue weighted by Gasteiger charge is 2.31. The summed E-state index contributed by atoms with van der Waals surface area (Å²) < 4.78 is 0. The lowest BCUT2D eigenvalue weighted by Crippen LogP contribution is -2.37. The van der Waals surface area contributed by atoms with E-state index in [0.717, 1.165) is 29.4 Å². The first-order valence-corrected chi connectivity index (χ1v) is 6.16. The first-order chi connectivity index (χ1) is 7.49. The molecule has 0 amide bonds. The van der Waals surface area contributed by atoms with Crippen molar-refractivity contribution < 1.29 is 0 Å². The normalized spacial score (nSPS) is 20.2. The summed E-state index contributed by atoms with van der Waals surface area (Å²) in [7, 11) is 0. The van der Waals surface area contributed by atoms with Crippen molar-refractivity contribution in [3.63, 3.8) is 0 Å². The molecular weight excluding hydrogens is 220 g/mol. The Morgan fingerprint density at radius 1 is 1.44 bits per heavy atom. The van der Waals surface area contributed by atoms with Crippen LogP contribution < -0.4 is 5.73 Å². The Morgan fingerprint density at radius 3 is 2.81 bits per heavy atom. The molecule has 0 radical (unpaired) electrons. The molecule has 0 aromatic heterocycles. The second-order valence-electron chi connectivity index (χ2n) is 5.19. The lowest BCUT2D eigenvalue weighted by Gasteiger charge is -2.31. The summed E-state index contributed by atoms with van der Waals surface area (Å²) in [5, 5.41) is 0.817. The third-order valence-corrected chi connectivity index (χ3v) is 3.87. The fourth-order valence-corrected chi connectivity index (χ4v) is 2.56. The van der Waals surface area contributed by atoms with Crippen LogP contribution in [-0.4, -0.2) is 17.0 Å². The molecule has 0 spiro atoms. The molecule has 0 bridgehead atoms. The van der Waals surface area contributed by atoms with E-state index in [4.69, 9.17) is 17.3 Å². The van der Waals surface area contributed by atoms with Crippen LogP contribution in [0.3, 0.4) is 0 Å². The molecule has 1 fully saturated rings. The Morgan fingerprint density at radius 2 is 2.19 bits per heavy atom. The van der Waals surface area contributed by atoms with Gasteiger partial charge in [-0.15, -0.1) is 0 Å². The van der Waals surface area contributed by atoms with Crippen molar-refractivity contribution in [1.29, 1.82) is 0 Å². The maximum atomic E-state index is 6.19. The lowest BCUT2D eigenvalue weighted by molar-refractivity contribution is 0.166. The highest BCUT2D eigenvalue weighted by atomic mass is 35.5. The van der Waals surface area contributed by atoms with E-state index in [9.17, 15) is 0 Å². The average Bonchev–Trinajstić information content (AvgIpc) is 2.52. The summed E-state index contributed by atoms with van der Waals surface area (Å²) in [4.78, 5) is 2.48. The number of halogens is 1. The Balaban J connectivity index is 2.17. The van der Waals surface area contributed by atoms with E-state index in [1.54, 1.807) is 0 Å². The van der Waals surface area contributed by atoms with Crippen LogP contribution in [0.5, 0.6) is 0 Å². The number of rotatable bonds is 2. The van der Waals surface area contributed by atoms with Crippen molar-refractivity contribution in [3.8, 4) is 0 Å². The predicted octanol–water partition coefficient (Wildman–Crippen LogP) is 3.30. The maximum Gasteiger partial charge on any atom is 0.0452 e. The second-order valence-corrected chi connectivity index (χ2v) is 5.60. The van der Waals surface area contributed by atoms with Gasteiger partial charge in [-0.25, -0.2) is 0 Å². The van der Waals surface area contributed by atoms with E-state index in [0.29, 0.717) is 0 Å². The second kappa shape index (κ2) is 4.27. The van der Waals surface area contributed by atoms with E-state index in [1.165, 1.54) is 12.8 Å². The molecular formula is C13H19ClN2. The Labute approximate surface area is 102 Å². The Hall–Kier alpha value is -0.730. The van der Waals surface area contributed by atoms with Crippen LogP contribution in [-0.2, 0) is 6.54 Å². The first-order valence-electron chi connectivity index (χ1n) is 5.78.